The van der Waals surface area contributed by atoms with E-state index >= 15 is 0 Å². The third-order valence-corrected chi connectivity index (χ3v) is 3.79. The van der Waals surface area contributed by atoms with Crippen molar-refractivity contribution in [1.29, 1.82) is 0 Å². The number of methoxy groups -OCH3 is 1. The first kappa shape index (κ1) is 15.3. The van der Waals surface area contributed by atoms with Gasteiger partial charge in [-0.15, -0.1) is 0 Å². The molecular formula is C16H27N3O. The van der Waals surface area contributed by atoms with Crippen LogP contribution >= 0.6 is 0 Å². The standard InChI is InChI=1S/C16H27N3O/c1-15(2)8-13(9-16(3,4)19-15)17-10-12-6-7-14(20-5)18-11-12/h6-7,11,13,17,19H,8-10H2,1-5H3. The van der Waals surface area contributed by atoms with Gasteiger partial charge in [-0.2, -0.15) is 0 Å². The van der Waals surface area contributed by atoms with Gasteiger partial charge in [-0.3, -0.25) is 0 Å². The molecule has 0 bridgehead atoms. The highest BCUT2D eigenvalue weighted by atomic mass is 16.5. The summed E-state index contributed by atoms with van der Waals surface area (Å²) in [6.07, 6.45) is 4.16. The van der Waals surface area contributed by atoms with Crippen molar-refractivity contribution in [2.45, 2.75) is 64.2 Å². The molecule has 1 fully saturated rings. The van der Waals surface area contributed by atoms with Gasteiger partial charge in [-0.1, -0.05) is 6.07 Å². The van der Waals surface area contributed by atoms with Gasteiger partial charge in [-0.25, -0.2) is 4.98 Å². The summed E-state index contributed by atoms with van der Waals surface area (Å²) in [5, 5.41) is 7.37. The summed E-state index contributed by atoms with van der Waals surface area (Å²) in [5.74, 6) is 0.665. The maximum atomic E-state index is 5.08. The molecule has 0 spiro atoms. The van der Waals surface area contributed by atoms with Crippen molar-refractivity contribution < 1.29 is 4.74 Å². The normalized spacial score (nSPS) is 21.6. The van der Waals surface area contributed by atoms with Gasteiger partial charge in [0.25, 0.3) is 0 Å². The van der Waals surface area contributed by atoms with E-state index in [4.69, 9.17) is 4.74 Å². The molecule has 20 heavy (non-hydrogen) atoms. The first-order valence-corrected chi connectivity index (χ1v) is 7.31. The van der Waals surface area contributed by atoms with Gasteiger partial charge in [0.2, 0.25) is 5.88 Å². The first-order chi connectivity index (χ1) is 9.30. The van der Waals surface area contributed by atoms with E-state index in [2.05, 4.69) is 49.4 Å². The molecule has 2 rings (SSSR count). The fourth-order valence-corrected chi connectivity index (χ4v) is 3.37. The molecule has 1 aliphatic heterocycles. The Labute approximate surface area is 122 Å². The van der Waals surface area contributed by atoms with Crippen LogP contribution in [-0.2, 0) is 6.54 Å². The summed E-state index contributed by atoms with van der Waals surface area (Å²) >= 11 is 0. The predicted octanol–water partition coefficient (Wildman–Crippen LogP) is 2.49. The van der Waals surface area contributed by atoms with E-state index in [0.29, 0.717) is 11.9 Å². The summed E-state index contributed by atoms with van der Waals surface area (Å²) in [7, 11) is 1.64. The number of piperidine rings is 1. The highest BCUT2D eigenvalue weighted by Gasteiger charge is 2.37. The van der Waals surface area contributed by atoms with Gasteiger partial charge in [0.1, 0.15) is 0 Å². The number of pyridine rings is 1. The summed E-state index contributed by atoms with van der Waals surface area (Å²) in [6, 6.07) is 4.51. The number of rotatable bonds is 4. The van der Waals surface area contributed by atoms with E-state index in [1.165, 1.54) is 5.56 Å². The lowest BCUT2D eigenvalue weighted by Gasteiger charge is -2.46. The number of hydrogen-bond donors (Lipinski definition) is 2. The highest BCUT2D eigenvalue weighted by molar-refractivity contribution is 5.17. The van der Waals surface area contributed by atoms with E-state index in [1.54, 1.807) is 7.11 Å². The molecular weight excluding hydrogens is 250 g/mol. The van der Waals surface area contributed by atoms with Crippen molar-refractivity contribution in [3.05, 3.63) is 23.9 Å². The van der Waals surface area contributed by atoms with E-state index in [9.17, 15) is 0 Å². The number of nitrogens with one attached hydrogen (secondary N) is 2. The van der Waals surface area contributed by atoms with Crippen molar-refractivity contribution in [3.63, 3.8) is 0 Å². The van der Waals surface area contributed by atoms with Crippen LogP contribution in [0.3, 0.4) is 0 Å². The summed E-state index contributed by atoms with van der Waals surface area (Å²) in [6.45, 7) is 9.96. The lowest BCUT2D eigenvalue weighted by atomic mass is 9.79. The SMILES string of the molecule is COc1ccc(CNC2CC(C)(C)NC(C)(C)C2)cn1. The Morgan fingerprint density at radius 2 is 1.90 bits per heavy atom. The Kier molecular flexibility index (Phi) is 4.35. The van der Waals surface area contributed by atoms with Crippen LogP contribution < -0.4 is 15.4 Å². The zero-order valence-electron chi connectivity index (χ0n) is 13.3. The largest absolute Gasteiger partial charge is 0.481 e. The minimum atomic E-state index is 0.178. The second-order valence-corrected chi connectivity index (χ2v) is 7.09. The average Bonchev–Trinajstić information content (AvgIpc) is 2.33. The summed E-state index contributed by atoms with van der Waals surface area (Å²) < 4.78 is 5.08. The molecule has 1 aromatic heterocycles. The molecule has 1 aromatic rings. The average molecular weight is 277 g/mol. The Morgan fingerprint density at radius 1 is 1.25 bits per heavy atom. The third kappa shape index (κ3) is 4.18. The monoisotopic (exact) mass is 277 g/mol. The van der Waals surface area contributed by atoms with Crippen molar-refractivity contribution in [3.8, 4) is 5.88 Å². The van der Waals surface area contributed by atoms with Crippen molar-refractivity contribution in [2.24, 2.45) is 0 Å². The Balaban J connectivity index is 1.92. The maximum absolute atomic E-state index is 5.08. The van der Waals surface area contributed by atoms with Gasteiger partial charge in [0.05, 0.1) is 7.11 Å². The molecule has 0 unspecified atom stereocenters. The molecule has 2 heterocycles. The van der Waals surface area contributed by atoms with Crippen LogP contribution in [0.5, 0.6) is 5.88 Å². The van der Waals surface area contributed by atoms with Crippen LogP contribution in [0.4, 0.5) is 0 Å². The van der Waals surface area contributed by atoms with Crippen LogP contribution in [0.15, 0.2) is 18.3 Å². The molecule has 0 amide bonds. The number of hydrogen-bond acceptors (Lipinski definition) is 4. The van der Waals surface area contributed by atoms with Gasteiger partial charge < -0.3 is 15.4 Å². The molecule has 2 N–H and O–H groups in total. The van der Waals surface area contributed by atoms with Crippen LogP contribution in [0.1, 0.15) is 46.1 Å². The molecule has 0 atom stereocenters. The molecule has 0 radical (unpaired) electrons. The van der Waals surface area contributed by atoms with Crippen LogP contribution in [0.2, 0.25) is 0 Å². The van der Waals surface area contributed by atoms with E-state index < -0.39 is 0 Å². The van der Waals surface area contributed by atoms with E-state index in [0.717, 1.165) is 19.4 Å². The smallest absolute Gasteiger partial charge is 0.212 e. The Morgan fingerprint density at radius 3 is 2.40 bits per heavy atom. The van der Waals surface area contributed by atoms with E-state index in [-0.39, 0.29) is 11.1 Å². The second kappa shape index (κ2) is 5.70. The van der Waals surface area contributed by atoms with Gasteiger partial charge in [-0.05, 0) is 46.1 Å². The Hall–Kier alpha value is -1.13. The van der Waals surface area contributed by atoms with Crippen LogP contribution in [0, 0.1) is 0 Å². The van der Waals surface area contributed by atoms with Crippen molar-refractivity contribution in [1.82, 2.24) is 15.6 Å². The fourth-order valence-electron chi connectivity index (χ4n) is 3.37. The zero-order chi connectivity index (χ0) is 14.8. The molecule has 1 saturated heterocycles. The topological polar surface area (TPSA) is 46.2 Å². The molecule has 112 valence electrons. The number of ether oxygens (including phenoxy) is 1. The molecule has 0 aliphatic carbocycles. The summed E-state index contributed by atoms with van der Waals surface area (Å²) in [4.78, 5) is 4.24. The quantitative estimate of drug-likeness (QED) is 0.887. The fraction of sp³-hybridized carbons (Fsp3) is 0.688. The van der Waals surface area contributed by atoms with Crippen LogP contribution in [-0.4, -0.2) is 29.2 Å². The minimum Gasteiger partial charge on any atom is -0.481 e. The van der Waals surface area contributed by atoms with Gasteiger partial charge >= 0.3 is 0 Å². The van der Waals surface area contributed by atoms with Crippen molar-refractivity contribution in [2.75, 3.05) is 7.11 Å². The molecule has 0 saturated carbocycles. The summed E-state index contributed by atoms with van der Waals surface area (Å²) in [5.41, 5.74) is 1.55. The molecule has 4 nitrogen and oxygen atoms in total. The maximum Gasteiger partial charge on any atom is 0.212 e. The number of aromatic nitrogens is 1. The lowest BCUT2D eigenvalue weighted by molar-refractivity contribution is 0.145. The zero-order valence-corrected chi connectivity index (χ0v) is 13.3. The lowest BCUT2D eigenvalue weighted by Crippen LogP contribution is -2.61. The Bertz CT molecular complexity index is 424. The van der Waals surface area contributed by atoms with E-state index in [1.807, 2.05) is 12.3 Å². The first-order valence-electron chi connectivity index (χ1n) is 7.31. The van der Waals surface area contributed by atoms with Crippen LogP contribution in [0.25, 0.3) is 0 Å². The van der Waals surface area contributed by atoms with Gasteiger partial charge in [0.15, 0.2) is 0 Å². The molecule has 1 aliphatic rings. The minimum absolute atomic E-state index is 0.178. The van der Waals surface area contributed by atoms with Crippen molar-refractivity contribution >= 4 is 0 Å². The third-order valence-electron chi connectivity index (χ3n) is 3.79. The highest BCUT2D eigenvalue weighted by Crippen LogP contribution is 2.28. The predicted molar refractivity (Wildman–Crippen MR) is 81.9 cm³/mol. The second-order valence-electron chi connectivity index (χ2n) is 7.09. The van der Waals surface area contributed by atoms with Gasteiger partial charge in [0, 0.05) is 35.9 Å². The molecule has 0 aromatic carbocycles. The molecule has 4 heteroatoms. The number of nitrogens with zero attached hydrogens (tertiary/aromatic N) is 1.